The van der Waals surface area contributed by atoms with Gasteiger partial charge in [0.1, 0.15) is 18.5 Å². The first-order chi connectivity index (χ1) is 5.70. The van der Waals surface area contributed by atoms with Gasteiger partial charge in [0, 0.05) is 10.6 Å². The topological polar surface area (TPSA) is 29.5 Å². The Hall–Kier alpha value is -0.730. The molecular weight excluding hydrogens is 176 g/mol. The first-order valence-electron chi connectivity index (χ1n) is 3.80. The number of rotatable bonds is 0. The molecule has 0 fully saturated rings. The Labute approximate surface area is 75.7 Å². The van der Waals surface area contributed by atoms with E-state index in [2.05, 4.69) is 0 Å². The van der Waals surface area contributed by atoms with Crippen LogP contribution in [-0.4, -0.2) is 11.7 Å². The third kappa shape index (κ3) is 0.993. The zero-order valence-electron chi connectivity index (χ0n) is 6.67. The van der Waals surface area contributed by atoms with Crippen LogP contribution in [0, 0.1) is 6.92 Å². The zero-order valence-corrected chi connectivity index (χ0v) is 7.43. The fraction of sp³-hybridized carbons (Fsp3) is 0.333. The van der Waals surface area contributed by atoms with E-state index in [4.69, 9.17) is 16.3 Å². The maximum Gasteiger partial charge on any atom is 0.125 e. The van der Waals surface area contributed by atoms with Crippen molar-refractivity contribution in [3.05, 3.63) is 28.3 Å². The van der Waals surface area contributed by atoms with Crippen molar-refractivity contribution in [1.82, 2.24) is 0 Å². The number of fused-ring (bicyclic) bond motifs is 1. The molecule has 1 aliphatic rings. The lowest BCUT2D eigenvalue weighted by Gasteiger charge is -2.05. The highest BCUT2D eigenvalue weighted by Crippen LogP contribution is 2.37. The highest BCUT2D eigenvalue weighted by molar-refractivity contribution is 6.31. The molecule has 0 saturated heterocycles. The molecule has 0 spiro atoms. The fourth-order valence-electron chi connectivity index (χ4n) is 1.47. The lowest BCUT2D eigenvalue weighted by atomic mass is 10.0. The summed E-state index contributed by atoms with van der Waals surface area (Å²) in [6, 6.07) is 3.58. The average molecular weight is 185 g/mol. The molecule has 1 aromatic carbocycles. The second-order valence-electron chi connectivity index (χ2n) is 2.91. The number of ether oxygens (including phenoxy) is 1. The number of aliphatic hydroxyl groups excluding tert-OH is 1. The summed E-state index contributed by atoms with van der Waals surface area (Å²) >= 11 is 5.89. The van der Waals surface area contributed by atoms with Crippen LogP contribution in [0.3, 0.4) is 0 Å². The molecule has 1 aromatic rings. The monoisotopic (exact) mass is 184 g/mol. The van der Waals surface area contributed by atoms with E-state index < -0.39 is 6.10 Å². The Morgan fingerprint density at radius 2 is 2.33 bits per heavy atom. The summed E-state index contributed by atoms with van der Waals surface area (Å²) in [5.41, 5.74) is 1.75. The van der Waals surface area contributed by atoms with E-state index in [-0.39, 0.29) is 0 Å². The van der Waals surface area contributed by atoms with Crippen LogP contribution in [-0.2, 0) is 0 Å². The van der Waals surface area contributed by atoms with Crippen LogP contribution in [0.1, 0.15) is 17.2 Å². The van der Waals surface area contributed by atoms with E-state index >= 15 is 0 Å². The van der Waals surface area contributed by atoms with Gasteiger partial charge in [-0.3, -0.25) is 0 Å². The van der Waals surface area contributed by atoms with Crippen LogP contribution in [0.2, 0.25) is 5.02 Å². The molecule has 1 unspecified atom stereocenters. The van der Waals surface area contributed by atoms with Crippen LogP contribution in [0.5, 0.6) is 5.75 Å². The lowest BCUT2D eigenvalue weighted by molar-refractivity contribution is 0.140. The molecule has 64 valence electrons. The molecule has 0 saturated carbocycles. The molecule has 0 aliphatic carbocycles. The van der Waals surface area contributed by atoms with E-state index in [1.165, 1.54) is 0 Å². The van der Waals surface area contributed by atoms with Crippen LogP contribution >= 0.6 is 11.6 Å². The molecule has 1 atom stereocenters. The molecule has 1 aliphatic heterocycles. The first-order valence-corrected chi connectivity index (χ1v) is 4.18. The van der Waals surface area contributed by atoms with E-state index in [0.717, 1.165) is 16.9 Å². The standard InChI is InChI=1S/C9H9ClO2/c1-5-6(10)2-3-8-9(5)7(11)4-12-8/h2-3,7,11H,4H2,1H3. The summed E-state index contributed by atoms with van der Waals surface area (Å²) in [6.07, 6.45) is -0.515. The smallest absolute Gasteiger partial charge is 0.125 e. The fourth-order valence-corrected chi connectivity index (χ4v) is 1.63. The van der Waals surface area contributed by atoms with Gasteiger partial charge in [-0.15, -0.1) is 0 Å². The number of benzene rings is 1. The maximum atomic E-state index is 9.50. The lowest BCUT2D eigenvalue weighted by Crippen LogP contribution is -1.98. The van der Waals surface area contributed by atoms with Crippen molar-refractivity contribution in [3.63, 3.8) is 0 Å². The van der Waals surface area contributed by atoms with Crippen molar-refractivity contribution in [2.24, 2.45) is 0 Å². The van der Waals surface area contributed by atoms with Crippen molar-refractivity contribution in [2.45, 2.75) is 13.0 Å². The van der Waals surface area contributed by atoms with Crippen molar-refractivity contribution in [3.8, 4) is 5.75 Å². The molecule has 1 N–H and O–H groups in total. The average Bonchev–Trinajstić information content (AvgIpc) is 2.41. The van der Waals surface area contributed by atoms with Gasteiger partial charge in [-0.25, -0.2) is 0 Å². The molecule has 2 nitrogen and oxygen atoms in total. The summed E-state index contributed by atoms with van der Waals surface area (Å²) in [6.45, 7) is 2.23. The van der Waals surface area contributed by atoms with E-state index in [0.29, 0.717) is 11.6 Å². The summed E-state index contributed by atoms with van der Waals surface area (Å²) in [4.78, 5) is 0. The van der Waals surface area contributed by atoms with Gasteiger partial charge < -0.3 is 9.84 Å². The minimum atomic E-state index is -0.515. The van der Waals surface area contributed by atoms with E-state index in [9.17, 15) is 5.11 Å². The van der Waals surface area contributed by atoms with Crippen molar-refractivity contribution in [2.75, 3.05) is 6.61 Å². The predicted octanol–water partition coefficient (Wildman–Crippen LogP) is 2.07. The molecule has 0 amide bonds. The third-order valence-electron chi connectivity index (χ3n) is 2.14. The van der Waals surface area contributed by atoms with Gasteiger partial charge >= 0.3 is 0 Å². The third-order valence-corrected chi connectivity index (χ3v) is 2.55. The zero-order chi connectivity index (χ0) is 8.72. The van der Waals surface area contributed by atoms with Gasteiger partial charge in [0.25, 0.3) is 0 Å². The Bertz CT molecular complexity index is 323. The minimum Gasteiger partial charge on any atom is -0.490 e. The highest BCUT2D eigenvalue weighted by Gasteiger charge is 2.24. The first kappa shape index (κ1) is 7.90. The Morgan fingerprint density at radius 3 is 3.08 bits per heavy atom. The molecule has 12 heavy (non-hydrogen) atoms. The summed E-state index contributed by atoms with van der Waals surface area (Å²) in [7, 11) is 0. The summed E-state index contributed by atoms with van der Waals surface area (Å²) in [5, 5.41) is 10.2. The summed E-state index contributed by atoms with van der Waals surface area (Å²) < 4.78 is 5.24. The number of hydrogen-bond donors (Lipinski definition) is 1. The predicted molar refractivity (Wildman–Crippen MR) is 46.6 cm³/mol. The van der Waals surface area contributed by atoms with Crippen molar-refractivity contribution < 1.29 is 9.84 Å². The molecule has 1 heterocycles. The Kier molecular flexibility index (Phi) is 1.74. The molecular formula is C9H9ClO2. The van der Waals surface area contributed by atoms with E-state index in [1.54, 1.807) is 12.1 Å². The molecule has 3 heteroatoms. The normalized spacial score (nSPS) is 20.4. The Morgan fingerprint density at radius 1 is 1.58 bits per heavy atom. The van der Waals surface area contributed by atoms with Crippen molar-refractivity contribution in [1.29, 1.82) is 0 Å². The number of halogens is 1. The van der Waals surface area contributed by atoms with Gasteiger partial charge in [0.05, 0.1) is 0 Å². The van der Waals surface area contributed by atoms with Crippen molar-refractivity contribution >= 4 is 11.6 Å². The van der Waals surface area contributed by atoms with Crippen LogP contribution < -0.4 is 4.74 Å². The van der Waals surface area contributed by atoms with E-state index in [1.807, 2.05) is 6.92 Å². The van der Waals surface area contributed by atoms with Gasteiger partial charge in [0.15, 0.2) is 0 Å². The van der Waals surface area contributed by atoms with Gasteiger partial charge in [-0.2, -0.15) is 0 Å². The Balaban J connectivity index is 2.63. The molecule has 0 aromatic heterocycles. The minimum absolute atomic E-state index is 0.344. The van der Waals surface area contributed by atoms with Crippen LogP contribution in [0.4, 0.5) is 0 Å². The molecule has 0 radical (unpaired) electrons. The largest absolute Gasteiger partial charge is 0.490 e. The number of aliphatic hydroxyl groups is 1. The summed E-state index contributed by atoms with van der Waals surface area (Å²) in [5.74, 6) is 0.754. The quantitative estimate of drug-likeness (QED) is 0.669. The molecule has 2 rings (SSSR count). The number of hydrogen-bond acceptors (Lipinski definition) is 2. The van der Waals surface area contributed by atoms with Crippen LogP contribution in [0.15, 0.2) is 12.1 Å². The highest BCUT2D eigenvalue weighted by atomic mass is 35.5. The van der Waals surface area contributed by atoms with Gasteiger partial charge in [0.2, 0.25) is 0 Å². The van der Waals surface area contributed by atoms with Crippen LogP contribution in [0.25, 0.3) is 0 Å². The second-order valence-corrected chi connectivity index (χ2v) is 3.32. The SMILES string of the molecule is Cc1c(Cl)ccc2c1C(O)CO2. The maximum absolute atomic E-state index is 9.50. The van der Waals surface area contributed by atoms with Gasteiger partial charge in [-0.05, 0) is 24.6 Å². The second kappa shape index (κ2) is 2.64. The van der Waals surface area contributed by atoms with Gasteiger partial charge in [-0.1, -0.05) is 11.6 Å². The molecule has 0 bridgehead atoms.